The van der Waals surface area contributed by atoms with Crippen LogP contribution >= 0.6 is 0 Å². The molecule has 0 fully saturated rings. The second-order valence-corrected chi connectivity index (χ2v) is 5.10. The molecule has 0 bridgehead atoms. The van der Waals surface area contributed by atoms with Gasteiger partial charge in [0.05, 0.1) is 5.69 Å². The molecule has 0 amide bonds. The molecule has 0 aliphatic rings. The third-order valence-corrected chi connectivity index (χ3v) is 3.40. The van der Waals surface area contributed by atoms with E-state index in [9.17, 15) is 0 Å². The van der Waals surface area contributed by atoms with E-state index in [0.717, 1.165) is 48.8 Å². The number of nitrogens with zero attached hydrogens (tertiary/aromatic N) is 4. The van der Waals surface area contributed by atoms with E-state index in [1.165, 1.54) is 5.56 Å². The molecule has 2 heterocycles. The molecule has 0 aliphatic heterocycles. The van der Waals surface area contributed by atoms with Crippen molar-refractivity contribution in [2.45, 2.75) is 40.2 Å². The van der Waals surface area contributed by atoms with Gasteiger partial charge >= 0.3 is 0 Å². The van der Waals surface area contributed by atoms with Crippen LogP contribution in [0.5, 0.6) is 0 Å². The van der Waals surface area contributed by atoms with Crippen LogP contribution in [0.4, 0.5) is 11.6 Å². The van der Waals surface area contributed by atoms with E-state index in [4.69, 9.17) is 0 Å². The zero-order valence-electron chi connectivity index (χ0n) is 13.3. The third-order valence-electron chi connectivity index (χ3n) is 3.40. The fraction of sp³-hybridized carbons (Fsp3) is 0.533. The molecule has 0 radical (unpaired) electrons. The largest absolute Gasteiger partial charge is 0.370 e. The van der Waals surface area contributed by atoms with E-state index < -0.39 is 0 Å². The van der Waals surface area contributed by atoms with Gasteiger partial charge < -0.3 is 10.6 Å². The molecule has 6 heteroatoms. The van der Waals surface area contributed by atoms with Gasteiger partial charge in [-0.15, -0.1) is 0 Å². The van der Waals surface area contributed by atoms with Crippen molar-refractivity contribution in [1.29, 1.82) is 0 Å². The topological polar surface area (TPSA) is 67.7 Å². The molecule has 21 heavy (non-hydrogen) atoms. The van der Waals surface area contributed by atoms with Gasteiger partial charge in [0, 0.05) is 37.5 Å². The Bertz CT molecular complexity index is 590. The third kappa shape index (κ3) is 3.71. The molecule has 2 N–H and O–H groups in total. The molecule has 0 saturated heterocycles. The second kappa shape index (κ2) is 7.06. The van der Waals surface area contributed by atoms with Crippen molar-refractivity contribution in [3.63, 3.8) is 0 Å². The van der Waals surface area contributed by atoms with Crippen molar-refractivity contribution in [3.05, 3.63) is 29.3 Å². The van der Waals surface area contributed by atoms with E-state index in [2.05, 4.69) is 45.7 Å². The van der Waals surface area contributed by atoms with Gasteiger partial charge in [-0.25, -0.2) is 9.97 Å². The first-order valence-electron chi connectivity index (χ1n) is 7.46. The number of aromatic nitrogens is 4. The smallest absolute Gasteiger partial charge is 0.134 e. The summed E-state index contributed by atoms with van der Waals surface area (Å²) in [7, 11) is 1.95. The van der Waals surface area contributed by atoms with Crippen LogP contribution in [0.15, 0.2) is 12.5 Å². The fourth-order valence-electron chi connectivity index (χ4n) is 2.26. The van der Waals surface area contributed by atoms with Crippen LogP contribution in [-0.4, -0.2) is 26.3 Å². The molecule has 2 rings (SSSR count). The minimum atomic E-state index is 0.724. The van der Waals surface area contributed by atoms with E-state index in [0.29, 0.717) is 0 Å². The summed E-state index contributed by atoms with van der Waals surface area (Å²) in [5, 5.41) is 11.2. The minimum Gasteiger partial charge on any atom is -0.370 e. The second-order valence-electron chi connectivity index (χ2n) is 5.10. The van der Waals surface area contributed by atoms with Crippen LogP contribution in [0.2, 0.25) is 0 Å². The molecule has 6 nitrogen and oxygen atoms in total. The number of hydrogen-bond acceptors (Lipinski definition) is 5. The molecule has 0 atom stereocenters. The van der Waals surface area contributed by atoms with Crippen molar-refractivity contribution < 1.29 is 0 Å². The monoisotopic (exact) mass is 288 g/mol. The van der Waals surface area contributed by atoms with Crippen LogP contribution in [0.3, 0.4) is 0 Å². The van der Waals surface area contributed by atoms with E-state index >= 15 is 0 Å². The molecule has 0 aromatic carbocycles. The van der Waals surface area contributed by atoms with Gasteiger partial charge in [0.15, 0.2) is 0 Å². The van der Waals surface area contributed by atoms with Crippen LogP contribution in [0, 0.1) is 6.92 Å². The highest BCUT2D eigenvalue weighted by molar-refractivity contribution is 5.56. The molecule has 2 aromatic heterocycles. The molecular weight excluding hydrogens is 264 g/mol. The van der Waals surface area contributed by atoms with Crippen LogP contribution in [0.1, 0.15) is 37.1 Å². The SMILES string of the molecule is CCCNc1ncnc(NCc2cn(C)nc2CC)c1C. The minimum absolute atomic E-state index is 0.724. The summed E-state index contributed by atoms with van der Waals surface area (Å²) in [4.78, 5) is 8.63. The Morgan fingerprint density at radius 3 is 2.52 bits per heavy atom. The molecule has 0 unspecified atom stereocenters. The van der Waals surface area contributed by atoms with Crippen molar-refractivity contribution >= 4 is 11.6 Å². The van der Waals surface area contributed by atoms with Gasteiger partial charge in [-0.3, -0.25) is 4.68 Å². The quantitative estimate of drug-likeness (QED) is 0.819. The number of nitrogens with one attached hydrogen (secondary N) is 2. The zero-order chi connectivity index (χ0) is 15.2. The standard InChI is InChI=1S/C15H24N6/c1-5-7-16-14-11(3)15(19-10-18-14)17-8-12-9-21(4)20-13(12)6-2/h9-10H,5-8H2,1-4H3,(H2,16,17,18,19). The Balaban J connectivity index is 2.09. The average Bonchev–Trinajstić information content (AvgIpc) is 2.85. The van der Waals surface area contributed by atoms with Gasteiger partial charge in [-0.05, 0) is 19.8 Å². The lowest BCUT2D eigenvalue weighted by atomic mass is 10.2. The zero-order valence-corrected chi connectivity index (χ0v) is 13.3. The first kappa shape index (κ1) is 15.3. The Labute approximate surface area is 126 Å². The Kier molecular flexibility index (Phi) is 5.14. The normalized spacial score (nSPS) is 10.7. The van der Waals surface area contributed by atoms with Gasteiger partial charge in [-0.2, -0.15) is 5.10 Å². The average molecular weight is 288 g/mol. The predicted molar refractivity (Wildman–Crippen MR) is 85.5 cm³/mol. The highest BCUT2D eigenvalue weighted by Gasteiger charge is 2.09. The molecule has 0 spiro atoms. The fourth-order valence-corrected chi connectivity index (χ4v) is 2.26. The highest BCUT2D eigenvalue weighted by atomic mass is 15.3. The lowest BCUT2D eigenvalue weighted by molar-refractivity contribution is 0.746. The molecular formula is C15H24N6. The summed E-state index contributed by atoms with van der Waals surface area (Å²) in [6, 6.07) is 0. The maximum atomic E-state index is 4.45. The Morgan fingerprint density at radius 2 is 1.86 bits per heavy atom. The van der Waals surface area contributed by atoms with E-state index in [-0.39, 0.29) is 0 Å². The van der Waals surface area contributed by atoms with Gasteiger partial charge in [-0.1, -0.05) is 13.8 Å². The molecule has 2 aromatic rings. The molecule has 114 valence electrons. The lowest BCUT2D eigenvalue weighted by Crippen LogP contribution is -2.09. The first-order chi connectivity index (χ1) is 10.2. The van der Waals surface area contributed by atoms with Gasteiger partial charge in [0.25, 0.3) is 0 Å². The van der Waals surface area contributed by atoms with Crippen LogP contribution < -0.4 is 10.6 Å². The molecule has 0 aliphatic carbocycles. The number of anilines is 2. The summed E-state index contributed by atoms with van der Waals surface area (Å²) in [6.45, 7) is 7.93. The molecule has 0 saturated carbocycles. The maximum Gasteiger partial charge on any atom is 0.134 e. The van der Waals surface area contributed by atoms with E-state index in [1.54, 1.807) is 6.33 Å². The number of hydrogen-bond donors (Lipinski definition) is 2. The van der Waals surface area contributed by atoms with Crippen LogP contribution in [0.25, 0.3) is 0 Å². The summed E-state index contributed by atoms with van der Waals surface area (Å²) in [5.41, 5.74) is 3.38. The maximum absolute atomic E-state index is 4.45. The lowest BCUT2D eigenvalue weighted by Gasteiger charge is -2.12. The van der Waals surface area contributed by atoms with Crippen molar-refractivity contribution in [2.75, 3.05) is 17.2 Å². The summed E-state index contributed by atoms with van der Waals surface area (Å²) < 4.78 is 1.86. The summed E-state index contributed by atoms with van der Waals surface area (Å²) in [5.74, 6) is 1.77. The summed E-state index contributed by atoms with van der Waals surface area (Å²) in [6.07, 6.45) is 5.65. The first-order valence-corrected chi connectivity index (χ1v) is 7.46. The Morgan fingerprint density at radius 1 is 1.14 bits per heavy atom. The Hall–Kier alpha value is -2.11. The van der Waals surface area contributed by atoms with Gasteiger partial charge in [0.1, 0.15) is 18.0 Å². The summed E-state index contributed by atoms with van der Waals surface area (Å²) >= 11 is 0. The van der Waals surface area contributed by atoms with Crippen molar-refractivity contribution in [3.8, 4) is 0 Å². The van der Waals surface area contributed by atoms with Crippen molar-refractivity contribution in [1.82, 2.24) is 19.7 Å². The predicted octanol–water partition coefficient (Wildman–Crippen LogP) is 2.51. The van der Waals surface area contributed by atoms with E-state index in [1.807, 2.05) is 18.7 Å². The van der Waals surface area contributed by atoms with Crippen molar-refractivity contribution in [2.24, 2.45) is 7.05 Å². The highest BCUT2D eigenvalue weighted by Crippen LogP contribution is 2.19. The number of rotatable bonds is 7. The van der Waals surface area contributed by atoms with Gasteiger partial charge in [0.2, 0.25) is 0 Å². The van der Waals surface area contributed by atoms with Crippen LogP contribution in [-0.2, 0) is 20.0 Å². The number of aryl methyl sites for hydroxylation is 2.